The Bertz CT molecular complexity index is 402. The van der Waals surface area contributed by atoms with Crippen LogP contribution in [0.2, 0.25) is 0 Å². The summed E-state index contributed by atoms with van der Waals surface area (Å²) in [6.07, 6.45) is -4.38. The standard InChI is InChI=1S/C12H16F4N2/c1-3-18(7-12(14,15)16)11-9(8(2)17)5-4-6-10(11)13/h4-6,8H,3,7,17H2,1-2H3. The first-order chi connectivity index (χ1) is 8.26. The fourth-order valence-corrected chi connectivity index (χ4v) is 1.80. The smallest absolute Gasteiger partial charge is 0.360 e. The molecule has 0 aliphatic rings. The summed E-state index contributed by atoms with van der Waals surface area (Å²) in [4.78, 5) is 0.952. The van der Waals surface area contributed by atoms with E-state index in [-0.39, 0.29) is 12.2 Å². The van der Waals surface area contributed by atoms with Gasteiger partial charge in [-0.25, -0.2) is 4.39 Å². The van der Waals surface area contributed by atoms with Gasteiger partial charge < -0.3 is 10.6 Å². The zero-order valence-electron chi connectivity index (χ0n) is 10.3. The lowest BCUT2D eigenvalue weighted by atomic mass is 10.1. The van der Waals surface area contributed by atoms with Gasteiger partial charge >= 0.3 is 6.18 Å². The number of nitrogens with zero attached hydrogens (tertiary/aromatic N) is 1. The average molecular weight is 264 g/mol. The molecule has 1 atom stereocenters. The van der Waals surface area contributed by atoms with Gasteiger partial charge in [-0.15, -0.1) is 0 Å². The molecular formula is C12H16F4N2. The lowest BCUT2D eigenvalue weighted by Crippen LogP contribution is -2.35. The zero-order chi connectivity index (χ0) is 13.9. The molecule has 2 N–H and O–H groups in total. The molecule has 102 valence electrons. The molecule has 1 aromatic carbocycles. The van der Waals surface area contributed by atoms with Crippen molar-refractivity contribution in [1.82, 2.24) is 0 Å². The largest absolute Gasteiger partial charge is 0.405 e. The van der Waals surface area contributed by atoms with Crippen LogP contribution in [0.3, 0.4) is 0 Å². The molecule has 2 nitrogen and oxygen atoms in total. The predicted molar refractivity (Wildman–Crippen MR) is 62.9 cm³/mol. The van der Waals surface area contributed by atoms with Gasteiger partial charge in [0, 0.05) is 12.6 Å². The Morgan fingerprint density at radius 2 is 1.94 bits per heavy atom. The van der Waals surface area contributed by atoms with Crippen molar-refractivity contribution in [3.63, 3.8) is 0 Å². The SMILES string of the molecule is CCN(CC(F)(F)F)c1c(F)cccc1C(C)N. The summed E-state index contributed by atoms with van der Waals surface area (Å²) in [5, 5.41) is 0. The van der Waals surface area contributed by atoms with Gasteiger partial charge in [0.15, 0.2) is 0 Å². The van der Waals surface area contributed by atoms with Crippen LogP contribution in [-0.2, 0) is 0 Å². The van der Waals surface area contributed by atoms with Gasteiger partial charge in [-0.2, -0.15) is 13.2 Å². The van der Waals surface area contributed by atoms with E-state index in [0.717, 1.165) is 11.0 Å². The van der Waals surface area contributed by atoms with E-state index < -0.39 is 24.6 Å². The number of nitrogens with two attached hydrogens (primary N) is 1. The molecule has 0 saturated carbocycles. The van der Waals surface area contributed by atoms with Crippen molar-refractivity contribution in [3.05, 3.63) is 29.6 Å². The Labute approximate surface area is 103 Å². The number of alkyl halides is 3. The second kappa shape index (κ2) is 5.56. The minimum Gasteiger partial charge on any atom is -0.360 e. The van der Waals surface area contributed by atoms with E-state index in [2.05, 4.69) is 0 Å². The summed E-state index contributed by atoms with van der Waals surface area (Å²) in [6, 6.07) is 3.60. The Kier molecular flexibility index (Phi) is 4.56. The molecule has 0 amide bonds. The summed E-state index contributed by atoms with van der Waals surface area (Å²) in [7, 11) is 0. The summed E-state index contributed by atoms with van der Waals surface area (Å²) in [5.74, 6) is -0.684. The van der Waals surface area contributed by atoms with Crippen molar-refractivity contribution in [1.29, 1.82) is 0 Å². The molecule has 0 aromatic heterocycles. The quantitative estimate of drug-likeness (QED) is 0.846. The molecule has 0 bridgehead atoms. The van der Waals surface area contributed by atoms with Crippen LogP contribution < -0.4 is 10.6 Å². The number of hydrogen-bond acceptors (Lipinski definition) is 2. The number of anilines is 1. The molecule has 1 unspecified atom stereocenters. The van der Waals surface area contributed by atoms with Crippen LogP contribution in [0.25, 0.3) is 0 Å². The molecule has 1 rings (SSSR count). The van der Waals surface area contributed by atoms with Crippen LogP contribution in [0.4, 0.5) is 23.2 Å². The molecule has 0 aliphatic carbocycles. The van der Waals surface area contributed by atoms with Crippen LogP contribution in [0.1, 0.15) is 25.5 Å². The molecule has 0 fully saturated rings. The maximum Gasteiger partial charge on any atom is 0.405 e. The number of benzene rings is 1. The number of rotatable bonds is 4. The van der Waals surface area contributed by atoms with Crippen molar-refractivity contribution >= 4 is 5.69 Å². The number of para-hydroxylation sites is 1. The van der Waals surface area contributed by atoms with E-state index in [1.807, 2.05) is 0 Å². The van der Waals surface area contributed by atoms with Crippen LogP contribution in [-0.4, -0.2) is 19.3 Å². The van der Waals surface area contributed by atoms with E-state index in [0.29, 0.717) is 5.56 Å². The van der Waals surface area contributed by atoms with Crippen LogP contribution in [0.5, 0.6) is 0 Å². The maximum absolute atomic E-state index is 13.8. The normalized spacial score (nSPS) is 13.5. The van der Waals surface area contributed by atoms with Crippen LogP contribution in [0, 0.1) is 5.82 Å². The molecular weight excluding hydrogens is 248 g/mol. The van der Waals surface area contributed by atoms with Crippen molar-refractivity contribution < 1.29 is 17.6 Å². The summed E-state index contributed by atoms with van der Waals surface area (Å²) in [6.45, 7) is 2.02. The van der Waals surface area contributed by atoms with Crippen molar-refractivity contribution in [2.45, 2.75) is 26.1 Å². The Balaban J connectivity index is 3.19. The van der Waals surface area contributed by atoms with Gasteiger partial charge in [0.25, 0.3) is 0 Å². The molecule has 0 radical (unpaired) electrons. The first-order valence-electron chi connectivity index (χ1n) is 5.62. The molecule has 1 aromatic rings. The van der Waals surface area contributed by atoms with E-state index in [1.54, 1.807) is 19.9 Å². The maximum atomic E-state index is 13.8. The number of halogens is 4. The first kappa shape index (κ1) is 14.8. The Morgan fingerprint density at radius 1 is 1.33 bits per heavy atom. The minimum atomic E-state index is -4.38. The van der Waals surface area contributed by atoms with E-state index >= 15 is 0 Å². The lowest BCUT2D eigenvalue weighted by Gasteiger charge is -2.28. The highest BCUT2D eigenvalue weighted by atomic mass is 19.4. The van der Waals surface area contributed by atoms with Gasteiger partial charge in [0.2, 0.25) is 0 Å². The van der Waals surface area contributed by atoms with Crippen LogP contribution >= 0.6 is 0 Å². The van der Waals surface area contributed by atoms with Crippen molar-refractivity contribution in [3.8, 4) is 0 Å². The Hall–Kier alpha value is -1.30. The fraction of sp³-hybridized carbons (Fsp3) is 0.500. The van der Waals surface area contributed by atoms with Crippen LogP contribution in [0.15, 0.2) is 18.2 Å². The highest BCUT2D eigenvalue weighted by molar-refractivity contribution is 5.56. The highest BCUT2D eigenvalue weighted by Crippen LogP contribution is 2.30. The van der Waals surface area contributed by atoms with Gasteiger partial charge in [0.1, 0.15) is 12.4 Å². The molecule has 0 heterocycles. The third-order valence-electron chi connectivity index (χ3n) is 2.58. The second-order valence-electron chi connectivity index (χ2n) is 4.10. The van der Waals surface area contributed by atoms with E-state index in [9.17, 15) is 17.6 Å². The first-order valence-corrected chi connectivity index (χ1v) is 5.62. The topological polar surface area (TPSA) is 29.3 Å². The zero-order valence-corrected chi connectivity index (χ0v) is 10.3. The lowest BCUT2D eigenvalue weighted by molar-refractivity contribution is -0.119. The number of hydrogen-bond donors (Lipinski definition) is 1. The fourth-order valence-electron chi connectivity index (χ4n) is 1.80. The third kappa shape index (κ3) is 3.60. The van der Waals surface area contributed by atoms with Gasteiger partial charge in [-0.3, -0.25) is 0 Å². The second-order valence-corrected chi connectivity index (χ2v) is 4.10. The predicted octanol–water partition coefficient (Wildman–Crippen LogP) is 3.23. The monoisotopic (exact) mass is 264 g/mol. The molecule has 0 spiro atoms. The van der Waals surface area contributed by atoms with Gasteiger partial charge in [0.05, 0.1) is 5.69 Å². The molecule has 0 saturated heterocycles. The molecule has 6 heteroatoms. The summed E-state index contributed by atoms with van der Waals surface area (Å²) < 4.78 is 51.1. The van der Waals surface area contributed by atoms with Gasteiger partial charge in [-0.05, 0) is 25.5 Å². The van der Waals surface area contributed by atoms with Gasteiger partial charge in [-0.1, -0.05) is 12.1 Å². The molecule has 0 aliphatic heterocycles. The Morgan fingerprint density at radius 3 is 2.39 bits per heavy atom. The van der Waals surface area contributed by atoms with E-state index in [1.165, 1.54) is 6.07 Å². The summed E-state index contributed by atoms with van der Waals surface area (Å²) >= 11 is 0. The average Bonchev–Trinajstić information content (AvgIpc) is 2.24. The minimum absolute atomic E-state index is 0.0557. The summed E-state index contributed by atoms with van der Waals surface area (Å²) in [5.41, 5.74) is 5.98. The highest BCUT2D eigenvalue weighted by Gasteiger charge is 2.32. The van der Waals surface area contributed by atoms with Crippen molar-refractivity contribution in [2.75, 3.05) is 18.0 Å². The molecule has 18 heavy (non-hydrogen) atoms. The van der Waals surface area contributed by atoms with Crippen molar-refractivity contribution in [2.24, 2.45) is 5.73 Å². The van der Waals surface area contributed by atoms with E-state index in [4.69, 9.17) is 5.73 Å². The third-order valence-corrected chi connectivity index (χ3v) is 2.58.